The first-order valence-electron chi connectivity index (χ1n) is 6.52. The molecule has 1 aromatic rings. The van der Waals surface area contributed by atoms with Crippen LogP contribution in [-0.2, 0) is 4.74 Å². The number of benzene rings is 1. The van der Waals surface area contributed by atoms with E-state index < -0.39 is 6.03 Å². The molecule has 1 aliphatic carbocycles. The van der Waals surface area contributed by atoms with Gasteiger partial charge in [-0.25, -0.2) is 9.59 Å². The summed E-state index contributed by atoms with van der Waals surface area (Å²) in [5, 5.41) is 2.43. The highest BCUT2D eigenvalue weighted by atomic mass is 16.5. The maximum Gasteiger partial charge on any atom is 0.338 e. The maximum absolute atomic E-state index is 12.0. The molecule has 0 atom stereocenters. The highest BCUT2D eigenvalue weighted by molar-refractivity contribution is 5.93. The van der Waals surface area contributed by atoms with Crippen LogP contribution >= 0.6 is 0 Å². The highest BCUT2D eigenvalue weighted by Gasteiger charge is 2.18. The van der Waals surface area contributed by atoms with Crippen molar-refractivity contribution in [2.75, 3.05) is 5.32 Å². The largest absolute Gasteiger partial charge is 0.459 e. The third-order valence-corrected chi connectivity index (χ3v) is 3.19. The summed E-state index contributed by atoms with van der Waals surface area (Å²) in [6, 6.07) is 5.93. The number of anilines is 1. The molecule has 3 N–H and O–H groups in total. The van der Waals surface area contributed by atoms with Gasteiger partial charge >= 0.3 is 12.0 Å². The molecule has 0 radical (unpaired) electrons. The van der Waals surface area contributed by atoms with Gasteiger partial charge in [-0.3, -0.25) is 0 Å². The molecule has 0 unspecified atom stereocenters. The number of nitrogens with two attached hydrogens (primary N) is 1. The Kier molecular flexibility index (Phi) is 4.39. The number of amides is 2. The fourth-order valence-corrected chi connectivity index (χ4v) is 2.27. The first-order valence-corrected chi connectivity index (χ1v) is 6.52. The van der Waals surface area contributed by atoms with Gasteiger partial charge in [-0.05, 0) is 43.9 Å². The monoisotopic (exact) mass is 262 g/mol. The molecule has 0 spiro atoms. The first kappa shape index (κ1) is 13.4. The highest BCUT2D eigenvalue weighted by Crippen LogP contribution is 2.22. The molecule has 1 fully saturated rings. The van der Waals surface area contributed by atoms with Crippen LogP contribution in [0, 0.1) is 0 Å². The number of carbonyl (C=O) groups excluding carboxylic acids is 2. The zero-order chi connectivity index (χ0) is 13.7. The van der Waals surface area contributed by atoms with E-state index in [4.69, 9.17) is 10.5 Å². The van der Waals surface area contributed by atoms with Crippen molar-refractivity contribution in [3.63, 3.8) is 0 Å². The molecule has 5 heteroatoms. The molecule has 2 amide bonds. The average molecular weight is 262 g/mol. The van der Waals surface area contributed by atoms with E-state index in [1.54, 1.807) is 24.3 Å². The summed E-state index contributed by atoms with van der Waals surface area (Å²) in [5.74, 6) is -0.347. The quantitative estimate of drug-likeness (QED) is 0.822. The molecule has 19 heavy (non-hydrogen) atoms. The number of hydrogen-bond acceptors (Lipinski definition) is 3. The van der Waals surface area contributed by atoms with E-state index in [2.05, 4.69) is 5.32 Å². The van der Waals surface area contributed by atoms with Crippen LogP contribution in [0.1, 0.15) is 42.5 Å². The van der Waals surface area contributed by atoms with Crippen molar-refractivity contribution in [3.05, 3.63) is 29.8 Å². The summed E-state index contributed by atoms with van der Waals surface area (Å²) < 4.78 is 5.45. The SMILES string of the molecule is NC(=O)Nc1cccc(C(=O)OC2CCCCC2)c1. The van der Waals surface area contributed by atoms with E-state index >= 15 is 0 Å². The number of carbonyl (C=O) groups is 2. The van der Waals surface area contributed by atoms with Gasteiger partial charge in [0.05, 0.1) is 5.56 Å². The van der Waals surface area contributed by atoms with Gasteiger partial charge in [0.1, 0.15) is 6.10 Å². The van der Waals surface area contributed by atoms with Crippen molar-refractivity contribution in [3.8, 4) is 0 Å². The van der Waals surface area contributed by atoms with Crippen LogP contribution in [-0.4, -0.2) is 18.1 Å². The van der Waals surface area contributed by atoms with Crippen molar-refractivity contribution in [1.29, 1.82) is 0 Å². The van der Waals surface area contributed by atoms with Crippen molar-refractivity contribution >= 4 is 17.7 Å². The first-order chi connectivity index (χ1) is 9.15. The second-order valence-corrected chi connectivity index (χ2v) is 4.74. The van der Waals surface area contributed by atoms with Gasteiger partial charge in [-0.1, -0.05) is 12.5 Å². The Hall–Kier alpha value is -2.04. The predicted octanol–water partition coefficient (Wildman–Crippen LogP) is 2.67. The summed E-state index contributed by atoms with van der Waals surface area (Å²) in [7, 11) is 0. The van der Waals surface area contributed by atoms with Crippen LogP contribution in [0.4, 0.5) is 10.5 Å². The Morgan fingerprint density at radius 3 is 2.63 bits per heavy atom. The van der Waals surface area contributed by atoms with Gasteiger partial charge in [0.2, 0.25) is 0 Å². The van der Waals surface area contributed by atoms with Crippen molar-refractivity contribution in [1.82, 2.24) is 0 Å². The molecule has 2 rings (SSSR count). The molecule has 5 nitrogen and oxygen atoms in total. The molecule has 0 saturated heterocycles. The fourth-order valence-electron chi connectivity index (χ4n) is 2.27. The van der Waals surface area contributed by atoms with E-state index in [1.807, 2.05) is 0 Å². The Balaban J connectivity index is 1.99. The zero-order valence-electron chi connectivity index (χ0n) is 10.7. The number of rotatable bonds is 3. The van der Waals surface area contributed by atoms with Crippen molar-refractivity contribution in [2.24, 2.45) is 5.73 Å². The van der Waals surface area contributed by atoms with E-state index in [0.29, 0.717) is 11.3 Å². The minimum atomic E-state index is -0.655. The number of hydrogen-bond donors (Lipinski definition) is 2. The number of nitrogens with one attached hydrogen (secondary N) is 1. The number of esters is 1. The minimum Gasteiger partial charge on any atom is -0.459 e. The fraction of sp³-hybridized carbons (Fsp3) is 0.429. The molecular formula is C14H18N2O3. The predicted molar refractivity (Wildman–Crippen MR) is 71.9 cm³/mol. The van der Waals surface area contributed by atoms with Crippen LogP contribution in [0.2, 0.25) is 0 Å². The molecule has 1 aliphatic rings. The Labute approximate surface area is 112 Å². The lowest BCUT2D eigenvalue weighted by Gasteiger charge is -2.21. The van der Waals surface area contributed by atoms with Crippen LogP contribution in [0.25, 0.3) is 0 Å². The summed E-state index contributed by atoms with van der Waals surface area (Å²) in [4.78, 5) is 22.7. The van der Waals surface area contributed by atoms with Crippen LogP contribution in [0.5, 0.6) is 0 Å². The third-order valence-electron chi connectivity index (χ3n) is 3.19. The van der Waals surface area contributed by atoms with Crippen LogP contribution in [0.3, 0.4) is 0 Å². The van der Waals surface area contributed by atoms with Crippen LogP contribution in [0.15, 0.2) is 24.3 Å². The van der Waals surface area contributed by atoms with Crippen molar-refractivity contribution in [2.45, 2.75) is 38.2 Å². The molecule has 1 saturated carbocycles. The van der Waals surface area contributed by atoms with E-state index in [0.717, 1.165) is 25.7 Å². The average Bonchev–Trinajstić information content (AvgIpc) is 2.39. The van der Waals surface area contributed by atoms with Gasteiger partial charge in [0.25, 0.3) is 0 Å². The zero-order valence-corrected chi connectivity index (χ0v) is 10.7. The molecule has 0 bridgehead atoms. The number of primary amides is 1. The third kappa shape index (κ3) is 3.98. The van der Waals surface area contributed by atoms with Gasteiger partial charge in [0, 0.05) is 5.69 Å². The van der Waals surface area contributed by atoms with E-state index in [-0.39, 0.29) is 12.1 Å². The number of ether oxygens (including phenoxy) is 1. The lowest BCUT2D eigenvalue weighted by Crippen LogP contribution is -2.21. The normalized spacial score (nSPS) is 15.8. The van der Waals surface area contributed by atoms with E-state index in [1.165, 1.54) is 6.42 Å². The molecule has 1 aromatic carbocycles. The molecular weight excluding hydrogens is 244 g/mol. The van der Waals surface area contributed by atoms with Crippen molar-refractivity contribution < 1.29 is 14.3 Å². The summed E-state index contributed by atoms with van der Waals surface area (Å²) in [6.45, 7) is 0. The lowest BCUT2D eigenvalue weighted by molar-refractivity contribution is 0.0211. The second-order valence-electron chi connectivity index (χ2n) is 4.74. The Bertz CT molecular complexity index is 468. The topological polar surface area (TPSA) is 81.4 Å². The summed E-state index contributed by atoms with van der Waals surface area (Å²) in [5.41, 5.74) is 5.95. The lowest BCUT2D eigenvalue weighted by atomic mass is 9.98. The van der Waals surface area contributed by atoms with Gasteiger partial charge in [-0.15, -0.1) is 0 Å². The molecule has 0 heterocycles. The molecule has 0 aromatic heterocycles. The molecule has 0 aliphatic heterocycles. The van der Waals surface area contributed by atoms with Gasteiger partial charge < -0.3 is 15.8 Å². The Morgan fingerprint density at radius 2 is 1.95 bits per heavy atom. The second kappa shape index (κ2) is 6.22. The van der Waals surface area contributed by atoms with Gasteiger partial charge in [-0.2, -0.15) is 0 Å². The summed E-state index contributed by atoms with van der Waals surface area (Å²) in [6.07, 6.45) is 5.33. The van der Waals surface area contributed by atoms with Crippen LogP contribution < -0.4 is 11.1 Å². The summed E-state index contributed by atoms with van der Waals surface area (Å²) >= 11 is 0. The minimum absolute atomic E-state index is 0.0222. The van der Waals surface area contributed by atoms with E-state index in [9.17, 15) is 9.59 Å². The molecule has 102 valence electrons. The standard InChI is InChI=1S/C14H18N2O3/c15-14(18)16-11-6-4-5-10(9-11)13(17)19-12-7-2-1-3-8-12/h4-6,9,12H,1-3,7-8H2,(H3,15,16,18). The number of urea groups is 1. The van der Waals surface area contributed by atoms with Gasteiger partial charge in [0.15, 0.2) is 0 Å². The Morgan fingerprint density at radius 1 is 1.21 bits per heavy atom. The maximum atomic E-state index is 12.0. The smallest absolute Gasteiger partial charge is 0.338 e.